The molecule has 0 spiro atoms. The lowest BCUT2D eigenvalue weighted by Gasteiger charge is -2.00. The summed E-state index contributed by atoms with van der Waals surface area (Å²) in [5.74, 6) is 0.456. The molecule has 1 N–H and O–H groups in total. The third kappa shape index (κ3) is 1.75. The lowest BCUT2D eigenvalue weighted by molar-refractivity contribution is 0.478. The summed E-state index contributed by atoms with van der Waals surface area (Å²) in [4.78, 5) is 11.6. The molecule has 16 heavy (non-hydrogen) atoms. The van der Waals surface area contributed by atoms with E-state index in [2.05, 4.69) is 6.58 Å². The van der Waals surface area contributed by atoms with Gasteiger partial charge in [0.15, 0.2) is 0 Å². The summed E-state index contributed by atoms with van der Waals surface area (Å²) in [6.45, 7) is 3.52. The molecular weight excluding hydrogens is 204 g/mol. The maximum absolute atomic E-state index is 11.6. The Kier molecular flexibility index (Phi) is 2.60. The van der Waals surface area contributed by atoms with Gasteiger partial charge in [-0.25, -0.2) is 4.79 Å². The summed E-state index contributed by atoms with van der Waals surface area (Å²) < 4.78 is 5.05. The molecule has 1 heterocycles. The molecule has 0 atom stereocenters. The minimum atomic E-state index is -0.461. The quantitative estimate of drug-likeness (QED) is 0.782. The van der Waals surface area contributed by atoms with E-state index in [9.17, 15) is 9.90 Å². The standard InChI is InChI=1S/C13H10O3/c1-2-3-5-9-8-11-10(13(15)16-9)6-4-7-12(11)14/h2-8,14H,1H2/b5-3+. The number of hydrogen-bond acceptors (Lipinski definition) is 3. The first-order valence-electron chi connectivity index (χ1n) is 4.77. The van der Waals surface area contributed by atoms with Gasteiger partial charge >= 0.3 is 5.63 Å². The van der Waals surface area contributed by atoms with Gasteiger partial charge in [0.05, 0.1) is 5.39 Å². The number of allylic oxidation sites excluding steroid dienone is 2. The highest BCUT2D eigenvalue weighted by molar-refractivity contribution is 5.87. The van der Waals surface area contributed by atoms with Crippen LogP contribution in [0.15, 0.2) is 52.2 Å². The molecule has 3 nitrogen and oxygen atoms in total. The Morgan fingerprint density at radius 3 is 2.88 bits per heavy atom. The monoisotopic (exact) mass is 214 g/mol. The molecule has 2 aromatic rings. The van der Waals surface area contributed by atoms with E-state index in [0.717, 1.165) is 0 Å². The Labute approximate surface area is 92.0 Å². The van der Waals surface area contributed by atoms with E-state index in [4.69, 9.17) is 4.42 Å². The number of rotatable bonds is 2. The molecule has 0 fully saturated rings. The molecule has 0 amide bonds. The third-order valence-electron chi connectivity index (χ3n) is 2.20. The predicted octanol–water partition coefficient (Wildman–Crippen LogP) is 2.70. The van der Waals surface area contributed by atoms with Crippen molar-refractivity contribution in [3.8, 4) is 5.75 Å². The molecule has 0 aliphatic heterocycles. The summed E-state index contributed by atoms with van der Waals surface area (Å²) in [6, 6.07) is 6.37. The van der Waals surface area contributed by atoms with Crippen molar-refractivity contribution < 1.29 is 9.52 Å². The molecule has 1 aromatic carbocycles. The molecule has 2 rings (SSSR count). The number of phenols is 1. The first-order valence-corrected chi connectivity index (χ1v) is 4.77. The molecule has 1 aromatic heterocycles. The Hall–Kier alpha value is -2.29. The number of phenolic OH excluding ortho intramolecular Hbond substituents is 1. The maximum Gasteiger partial charge on any atom is 0.344 e. The van der Waals surface area contributed by atoms with Crippen LogP contribution in [0.3, 0.4) is 0 Å². The van der Waals surface area contributed by atoms with Crippen molar-refractivity contribution in [2.45, 2.75) is 0 Å². The summed E-state index contributed by atoms with van der Waals surface area (Å²) in [6.07, 6.45) is 4.85. The zero-order chi connectivity index (χ0) is 11.5. The molecule has 3 heteroatoms. The van der Waals surface area contributed by atoms with E-state index in [1.54, 1.807) is 36.4 Å². The Morgan fingerprint density at radius 1 is 1.31 bits per heavy atom. The number of aromatic hydroxyl groups is 1. The number of fused-ring (bicyclic) bond motifs is 1. The van der Waals surface area contributed by atoms with Crippen LogP contribution in [0, 0.1) is 0 Å². The summed E-state index contributed by atoms with van der Waals surface area (Å²) in [7, 11) is 0. The van der Waals surface area contributed by atoms with Crippen LogP contribution in [0.4, 0.5) is 0 Å². The number of hydrogen-bond donors (Lipinski definition) is 1. The van der Waals surface area contributed by atoms with E-state index >= 15 is 0 Å². The van der Waals surface area contributed by atoms with Crippen LogP contribution in [0.25, 0.3) is 16.8 Å². The van der Waals surface area contributed by atoms with Crippen molar-refractivity contribution in [2.75, 3.05) is 0 Å². The van der Waals surface area contributed by atoms with Gasteiger partial charge in [-0.3, -0.25) is 0 Å². The second-order valence-corrected chi connectivity index (χ2v) is 3.27. The topological polar surface area (TPSA) is 50.4 Å². The molecule has 0 bridgehead atoms. The smallest absolute Gasteiger partial charge is 0.344 e. The first kappa shape index (κ1) is 10.2. The van der Waals surface area contributed by atoms with E-state index in [1.165, 1.54) is 6.07 Å². The summed E-state index contributed by atoms with van der Waals surface area (Å²) in [5, 5.41) is 10.5. The van der Waals surface area contributed by atoms with E-state index in [1.807, 2.05) is 0 Å². The lowest BCUT2D eigenvalue weighted by Crippen LogP contribution is -1.99. The fourth-order valence-electron chi connectivity index (χ4n) is 1.46. The van der Waals surface area contributed by atoms with Crippen LogP contribution in [-0.2, 0) is 0 Å². The molecule has 0 radical (unpaired) electrons. The van der Waals surface area contributed by atoms with Crippen LogP contribution in [0.2, 0.25) is 0 Å². The minimum absolute atomic E-state index is 0.0682. The third-order valence-corrected chi connectivity index (χ3v) is 2.20. The molecule has 0 aliphatic rings. The van der Waals surface area contributed by atoms with Crippen molar-refractivity contribution >= 4 is 16.8 Å². The summed E-state index contributed by atoms with van der Waals surface area (Å²) >= 11 is 0. The van der Waals surface area contributed by atoms with Crippen molar-refractivity contribution in [2.24, 2.45) is 0 Å². The molecule has 0 saturated heterocycles. The average molecular weight is 214 g/mol. The van der Waals surface area contributed by atoms with Crippen molar-refractivity contribution in [3.05, 3.63) is 59.2 Å². The Morgan fingerprint density at radius 2 is 2.12 bits per heavy atom. The van der Waals surface area contributed by atoms with Crippen LogP contribution < -0.4 is 5.63 Å². The molecule has 0 aliphatic carbocycles. The zero-order valence-electron chi connectivity index (χ0n) is 8.51. The van der Waals surface area contributed by atoms with Crippen LogP contribution in [0.1, 0.15) is 5.76 Å². The second-order valence-electron chi connectivity index (χ2n) is 3.27. The Balaban J connectivity index is 2.75. The van der Waals surface area contributed by atoms with Gasteiger partial charge in [0.1, 0.15) is 11.5 Å². The van der Waals surface area contributed by atoms with Gasteiger partial charge < -0.3 is 9.52 Å². The van der Waals surface area contributed by atoms with Crippen LogP contribution in [-0.4, -0.2) is 5.11 Å². The SMILES string of the molecule is C=C/C=C/c1cc2c(O)cccc2c(=O)o1. The molecular formula is C13H10O3. The van der Waals surface area contributed by atoms with Gasteiger partial charge in [-0.05, 0) is 24.3 Å². The highest BCUT2D eigenvalue weighted by Crippen LogP contribution is 2.23. The van der Waals surface area contributed by atoms with Crippen molar-refractivity contribution in [3.63, 3.8) is 0 Å². The van der Waals surface area contributed by atoms with Crippen LogP contribution in [0.5, 0.6) is 5.75 Å². The molecule has 0 unspecified atom stereocenters. The van der Waals surface area contributed by atoms with Crippen molar-refractivity contribution in [1.29, 1.82) is 0 Å². The number of benzene rings is 1. The normalized spacial score (nSPS) is 11.0. The fourth-order valence-corrected chi connectivity index (χ4v) is 1.46. The Bertz CT molecular complexity index is 621. The van der Waals surface area contributed by atoms with Crippen LogP contribution >= 0.6 is 0 Å². The van der Waals surface area contributed by atoms with Gasteiger partial charge in [0, 0.05) is 5.39 Å². The molecule has 80 valence electrons. The first-order chi connectivity index (χ1) is 7.72. The largest absolute Gasteiger partial charge is 0.507 e. The summed E-state index contributed by atoms with van der Waals surface area (Å²) in [5.41, 5.74) is -0.461. The van der Waals surface area contributed by atoms with E-state index in [-0.39, 0.29) is 5.75 Å². The van der Waals surface area contributed by atoms with Crippen molar-refractivity contribution in [1.82, 2.24) is 0 Å². The lowest BCUT2D eigenvalue weighted by atomic mass is 10.1. The van der Waals surface area contributed by atoms with E-state index in [0.29, 0.717) is 16.5 Å². The van der Waals surface area contributed by atoms with Gasteiger partial charge in [-0.1, -0.05) is 24.8 Å². The molecule has 0 saturated carbocycles. The minimum Gasteiger partial charge on any atom is -0.507 e. The highest BCUT2D eigenvalue weighted by atomic mass is 16.4. The van der Waals surface area contributed by atoms with Gasteiger partial charge in [-0.2, -0.15) is 0 Å². The van der Waals surface area contributed by atoms with Gasteiger partial charge in [-0.15, -0.1) is 0 Å². The fraction of sp³-hybridized carbons (Fsp3) is 0. The van der Waals surface area contributed by atoms with Gasteiger partial charge in [0.25, 0.3) is 0 Å². The predicted molar refractivity (Wildman–Crippen MR) is 63.4 cm³/mol. The maximum atomic E-state index is 11.6. The highest BCUT2D eigenvalue weighted by Gasteiger charge is 2.05. The second kappa shape index (κ2) is 4.06. The van der Waals surface area contributed by atoms with E-state index < -0.39 is 5.63 Å². The van der Waals surface area contributed by atoms with Gasteiger partial charge in [0.2, 0.25) is 0 Å². The zero-order valence-corrected chi connectivity index (χ0v) is 8.51. The average Bonchev–Trinajstić information content (AvgIpc) is 2.28.